The summed E-state index contributed by atoms with van der Waals surface area (Å²) in [5.41, 5.74) is 0.526. The number of methoxy groups -OCH3 is 1. The lowest BCUT2D eigenvalue weighted by Crippen LogP contribution is -2.43. The Morgan fingerprint density at radius 2 is 2.33 bits per heavy atom. The van der Waals surface area contributed by atoms with Crippen LogP contribution >= 0.6 is 11.3 Å². The van der Waals surface area contributed by atoms with E-state index < -0.39 is 0 Å². The summed E-state index contributed by atoms with van der Waals surface area (Å²) in [6.07, 6.45) is 0. The fraction of sp³-hybridized carbons (Fsp3) is 0.500. The van der Waals surface area contributed by atoms with Crippen LogP contribution in [0, 0.1) is 0 Å². The third kappa shape index (κ3) is 2.95. The van der Waals surface area contributed by atoms with E-state index in [9.17, 15) is 4.79 Å². The van der Waals surface area contributed by atoms with Crippen molar-refractivity contribution in [1.82, 2.24) is 15.3 Å². The number of rotatable bonds is 5. The summed E-state index contributed by atoms with van der Waals surface area (Å²) in [4.78, 5) is 19.0. The number of hydrogen-bond donors (Lipinski definition) is 2. The highest BCUT2D eigenvalue weighted by molar-refractivity contribution is 7.17. The van der Waals surface area contributed by atoms with E-state index in [1.54, 1.807) is 7.11 Å². The molecule has 5 nitrogen and oxygen atoms in total. The molecule has 0 aliphatic rings. The van der Waals surface area contributed by atoms with Gasteiger partial charge >= 0.3 is 0 Å². The average Bonchev–Trinajstić information content (AvgIpc) is 2.75. The van der Waals surface area contributed by atoms with E-state index in [1.165, 1.54) is 11.3 Å². The molecular weight excluding hydrogens is 250 g/mol. The number of aromatic amines is 1. The fourth-order valence-electron chi connectivity index (χ4n) is 1.74. The summed E-state index contributed by atoms with van der Waals surface area (Å²) in [6, 6.07) is 1.86. The zero-order chi connectivity index (χ0) is 13.2. The SMILES string of the molecule is COCC(C)(C)NCc1nc2ccsc2c(=O)[nH]1. The molecule has 2 aromatic rings. The van der Waals surface area contributed by atoms with E-state index in [4.69, 9.17) is 4.74 Å². The number of H-pyrrole nitrogens is 1. The molecule has 0 atom stereocenters. The molecule has 18 heavy (non-hydrogen) atoms. The van der Waals surface area contributed by atoms with Crippen molar-refractivity contribution in [3.8, 4) is 0 Å². The van der Waals surface area contributed by atoms with Gasteiger partial charge in [0.1, 0.15) is 10.5 Å². The summed E-state index contributed by atoms with van der Waals surface area (Å²) in [5, 5.41) is 5.18. The summed E-state index contributed by atoms with van der Waals surface area (Å²) >= 11 is 1.41. The second-order valence-corrected chi connectivity index (χ2v) is 5.73. The lowest BCUT2D eigenvalue weighted by atomic mass is 10.1. The average molecular weight is 267 g/mol. The Balaban J connectivity index is 2.15. The lowest BCUT2D eigenvalue weighted by Gasteiger charge is -2.24. The molecule has 0 unspecified atom stereocenters. The molecule has 0 amide bonds. The van der Waals surface area contributed by atoms with Crippen LogP contribution in [0.2, 0.25) is 0 Å². The molecule has 0 fully saturated rings. The van der Waals surface area contributed by atoms with E-state index in [1.807, 2.05) is 25.3 Å². The van der Waals surface area contributed by atoms with Crippen LogP contribution in [0.25, 0.3) is 10.2 Å². The van der Waals surface area contributed by atoms with Crippen LogP contribution < -0.4 is 10.9 Å². The number of thiophene rings is 1. The molecule has 0 saturated heterocycles. The Morgan fingerprint density at radius 3 is 3.06 bits per heavy atom. The van der Waals surface area contributed by atoms with Gasteiger partial charge in [0, 0.05) is 12.6 Å². The van der Waals surface area contributed by atoms with Crippen LogP contribution in [0.15, 0.2) is 16.2 Å². The molecule has 0 bridgehead atoms. The predicted molar refractivity (Wildman–Crippen MR) is 73.0 cm³/mol. The van der Waals surface area contributed by atoms with Crippen molar-refractivity contribution in [1.29, 1.82) is 0 Å². The van der Waals surface area contributed by atoms with Gasteiger partial charge in [0.2, 0.25) is 0 Å². The van der Waals surface area contributed by atoms with E-state index in [-0.39, 0.29) is 11.1 Å². The van der Waals surface area contributed by atoms with Gasteiger partial charge in [0.25, 0.3) is 5.56 Å². The molecule has 0 radical (unpaired) electrons. The zero-order valence-electron chi connectivity index (χ0n) is 10.7. The van der Waals surface area contributed by atoms with Crippen molar-refractivity contribution in [3.05, 3.63) is 27.6 Å². The van der Waals surface area contributed by atoms with Crippen LogP contribution in [0.5, 0.6) is 0 Å². The number of nitrogens with one attached hydrogen (secondary N) is 2. The van der Waals surface area contributed by atoms with Crippen molar-refractivity contribution >= 4 is 21.6 Å². The highest BCUT2D eigenvalue weighted by Gasteiger charge is 2.17. The largest absolute Gasteiger partial charge is 0.383 e. The Kier molecular flexibility index (Phi) is 3.79. The van der Waals surface area contributed by atoms with Gasteiger partial charge in [-0.3, -0.25) is 4.79 Å². The molecule has 2 N–H and O–H groups in total. The third-order valence-electron chi connectivity index (χ3n) is 2.60. The van der Waals surface area contributed by atoms with Crippen LogP contribution in [-0.4, -0.2) is 29.2 Å². The molecule has 0 aliphatic carbocycles. The number of fused-ring (bicyclic) bond motifs is 1. The second kappa shape index (κ2) is 5.17. The van der Waals surface area contributed by atoms with Crippen molar-refractivity contribution in [2.24, 2.45) is 0 Å². The van der Waals surface area contributed by atoms with E-state index >= 15 is 0 Å². The first kappa shape index (κ1) is 13.2. The first-order valence-electron chi connectivity index (χ1n) is 5.72. The molecule has 6 heteroatoms. The molecule has 98 valence electrons. The molecule has 0 aliphatic heterocycles. The van der Waals surface area contributed by atoms with Crippen molar-refractivity contribution < 1.29 is 4.74 Å². The van der Waals surface area contributed by atoms with Gasteiger partial charge in [-0.2, -0.15) is 0 Å². The van der Waals surface area contributed by atoms with Gasteiger partial charge in [-0.15, -0.1) is 11.3 Å². The molecule has 2 rings (SSSR count). The molecule has 0 saturated carbocycles. The van der Waals surface area contributed by atoms with Crippen LogP contribution in [-0.2, 0) is 11.3 Å². The molecular formula is C12H17N3O2S. The van der Waals surface area contributed by atoms with Gasteiger partial charge in [-0.1, -0.05) is 0 Å². The van der Waals surface area contributed by atoms with Crippen LogP contribution in [0.4, 0.5) is 0 Å². The smallest absolute Gasteiger partial charge is 0.268 e. The fourth-order valence-corrected chi connectivity index (χ4v) is 2.47. The van der Waals surface area contributed by atoms with Crippen LogP contribution in [0.1, 0.15) is 19.7 Å². The van der Waals surface area contributed by atoms with E-state index in [2.05, 4.69) is 15.3 Å². The molecule has 2 heterocycles. The number of nitrogens with zero attached hydrogens (tertiary/aromatic N) is 1. The Labute approximate surface area is 109 Å². The predicted octanol–water partition coefficient (Wildman–Crippen LogP) is 1.50. The normalized spacial score (nSPS) is 12.2. The van der Waals surface area contributed by atoms with Gasteiger partial charge in [0.15, 0.2) is 0 Å². The third-order valence-corrected chi connectivity index (χ3v) is 3.51. The molecule has 0 aromatic carbocycles. The minimum Gasteiger partial charge on any atom is -0.383 e. The van der Waals surface area contributed by atoms with Crippen LogP contribution in [0.3, 0.4) is 0 Å². The Morgan fingerprint density at radius 1 is 1.56 bits per heavy atom. The summed E-state index contributed by atoms with van der Waals surface area (Å²) in [6.45, 7) is 5.19. The van der Waals surface area contributed by atoms with Gasteiger partial charge < -0.3 is 15.0 Å². The van der Waals surface area contributed by atoms with Crippen molar-refractivity contribution in [3.63, 3.8) is 0 Å². The quantitative estimate of drug-likeness (QED) is 0.861. The lowest BCUT2D eigenvalue weighted by molar-refractivity contribution is 0.127. The molecule has 2 aromatic heterocycles. The van der Waals surface area contributed by atoms with Crippen molar-refractivity contribution in [2.75, 3.05) is 13.7 Å². The zero-order valence-corrected chi connectivity index (χ0v) is 11.6. The first-order chi connectivity index (χ1) is 8.52. The topological polar surface area (TPSA) is 67.0 Å². The maximum atomic E-state index is 11.8. The van der Waals surface area contributed by atoms with Gasteiger partial charge in [-0.25, -0.2) is 4.98 Å². The monoisotopic (exact) mass is 267 g/mol. The number of aromatic nitrogens is 2. The minimum atomic E-state index is -0.156. The summed E-state index contributed by atoms with van der Waals surface area (Å²) in [5.74, 6) is 0.648. The van der Waals surface area contributed by atoms with Gasteiger partial charge in [-0.05, 0) is 25.3 Å². The number of hydrogen-bond acceptors (Lipinski definition) is 5. The van der Waals surface area contributed by atoms with E-state index in [0.29, 0.717) is 23.7 Å². The Bertz CT molecular complexity index is 588. The summed E-state index contributed by atoms with van der Waals surface area (Å²) < 4.78 is 5.80. The van der Waals surface area contributed by atoms with Gasteiger partial charge in [0.05, 0.1) is 18.7 Å². The highest BCUT2D eigenvalue weighted by atomic mass is 32.1. The Hall–Kier alpha value is -1.24. The minimum absolute atomic E-state index is 0.0728. The number of ether oxygens (including phenoxy) is 1. The second-order valence-electron chi connectivity index (χ2n) is 4.82. The highest BCUT2D eigenvalue weighted by Crippen LogP contribution is 2.13. The molecule has 0 spiro atoms. The first-order valence-corrected chi connectivity index (χ1v) is 6.60. The summed E-state index contributed by atoms with van der Waals surface area (Å²) in [7, 11) is 1.67. The maximum Gasteiger partial charge on any atom is 0.268 e. The standard InChI is InChI=1S/C12H17N3O2S/c1-12(2,7-17-3)13-6-9-14-8-4-5-18-10(8)11(16)15-9/h4-5,13H,6-7H2,1-3H3,(H,14,15,16). The van der Waals surface area contributed by atoms with Crippen molar-refractivity contribution in [2.45, 2.75) is 25.9 Å². The maximum absolute atomic E-state index is 11.8. The van der Waals surface area contributed by atoms with E-state index in [0.717, 1.165) is 5.52 Å².